The van der Waals surface area contributed by atoms with Gasteiger partial charge in [0.2, 0.25) is 0 Å². The van der Waals surface area contributed by atoms with Crippen LogP contribution < -0.4 is 5.32 Å². The lowest BCUT2D eigenvalue weighted by atomic mass is 10.1. The number of ether oxygens (including phenoxy) is 1. The van der Waals surface area contributed by atoms with Crippen LogP contribution in [0.4, 0.5) is 0 Å². The molecule has 1 atom stereocenters. The van der Waals surface area contributed by atoms with Gasteiger partial charge in [0.05, 0.1) is 11.6 Å². The molecule has 15 heavy (non-hydrogen) atoms. The quantitative estimate of drug-likeness (QED) is 0.856. The van der Waals surface area contributed by atoms with Crippen molar-refractivity contribution in [1.82, 2.24) is 10.3 Å². The number of halogens is 1. The molecule has 1 aromatic heterocycles. The van der Waals surface area contributed by atoms with E-state index in [0.717, 1.165) is 36.8 Å². The van der Waals surface area contributed by atoms with Crippen LogP contribution >= 0.6 is 11.6 Å². The summed E-state index contributed by atoms with van der Waals surface area (Å²) in [5, 5.41) is 4.17. The van der Waals surface area contributed by atoms with Gasteiger partial charge in [0.25, 0.3) is 0 Å². The molecule has 0 aromatic carbocycles. The first-order chi connectivity index (χ1) is 7.36. The summed E-state index contributed by atoms with van der Waals surface area (Å²) in [5.41, 5.74) is 1.09. The highest BCUT2D eigenvalue weighted by Gasteiger charge is 2.13. The molecule has 1 aliphatic heterocycles. The van der Waals surface area contributed by atoms with Gasteiger partial charge in [0.15, 0.2) is 0 Å². The Bertz CT molecular complexity index is 313. The van der Waals surface area contributed by atoms with Crippen LogP contribution in [0.15, 0.2) is 18.5 Å². The van der Waals surface area contributed by atoms with Gasteiger partial charge in [-0.05, 0) is 24.5 Å². The second-order valence-electron chi connectivity index (χ2n) is 3.76. The largest absolute Gasteiger partial charge is 0.380 e. The van der Waals surface area contributed by atoms with Crippen molar-refractivity contribution >= 4 is 11.6 Å². The van der Waals surface area contributed by atoms with E-state index in [1.807, 2.05) is 6.07 Å². The Hall–Kier alpha value is -0.640. The Labute approximate surface area is 94.8 Å². The van der Waals surface area contributed by atoms with Crippen molar-refractivity contribution in [2.75, 3.05) is 13.2 Å². The third-order valence-electron chi connectivity index (χ3n) is 2.60. The van der Waals surface area contributed by atoms with Crippen molar-refractivity contribution in [3.63, 3.8) is 0 Å². The first-order valence-corrected chi connectivity index (χ1v) is 5.63. The number of nitrogens with one attached hydrogen (secondary N) is 1. The Morgan fingerprint density at radius 3 is 3.27 bits per heavy atom. The Morgan fingerprint density at radius 1 is 1.60 bits per heavy atom. The molecule has 1 N–H and O–H groups in total. The van der Waals surface area contributed by atoms with E-state index in [4.69, 9.17) is 16.3 Å². The average Bonchev–Trinajstić information content (AvgIpc) is 2.29. The monoisotopic (exact) mass is 226 g/mol. The molecule has 4 heteroatoms. The third-order valence-corrected chi connectivity index (χ3v) is 2.94. The van der Waals surface area contributed by atoms with Gasteiger partial charge < -0.3 is 10.1 Å². The minimum Gasteiger partial charge on any atom is -0.380 e. The summed E-state index contributed by atoms with van der Waals surface area (Å²) in [7, 11) is 0. The first kappa shape index (κ1) is 10.9. The highest BCUT2D eigenvalue weighted by Crippen LogP contribution is 2.14. The van der Waals surface area contributed by atoms with Crippen molar-refractivity contribution in [2.45, 2.75) is 25.4 Å². The number of nitrogens with zero attached hydrogens (tertiary/aromatic N) is 1. The van der Waals surface area contributed by atoms with Crippen molar-refractivity contribution in [1.29, 1.82) is 0 Å². The molecule has 0 radical (unpaired) electrons. The van der Waals surface area contributed by atoms with Crippen LogP contribution in [0.1, 0.15) is 18.4 Å². The summed E-state index contributed by atoms with van der Waals surface area (Å²) in [6, 6.07) is 2.40. The van der Waals surface area contributed by atoms with E-state index >= 15 is 0 Å². The summed E-state index contributed by atoms with van der Waals surface area (Å²) in [5.74, 6) is 0. The summed E-state index contributed by atoms with van der Waals surface area (Å²) in [4.78, 5) is 3.96. The van der Waals surface area contributed by atoms with E-state index in [2.05, 4.69) is 10.3 Å². The highest BCUT2D eigenvalue weighted by molar-refractivity contribution is 6.31. The van der Waals surface area contributed by atoms with Crippen molar-refractivity contribution in [3.05, 3.63) is 29.0 Å². The third kappa shape index (κ3) is 3.16. The number of pyridine rings is 1. The van der Waals surface area contributed by atoms with E-state index in [-0.39, 0.29) is 0 Å². The maximum absolute atomic E-state index is 6.01. The second kappa shape index (κ2) is 5.45. The Morgan fingerprint density at radius 2 is 2.53 bits per heavy atom. The molecule has 1 saturated heterocycles. The fourth-order valence-electron chi connectivity index (χ4n) is 1.70. The van der Waals surface area contributed by atoms with Crippen LogP contribution in [-0.2, 0) is 11.3 Å². The second-order valence-corrected chi connectivity index (χ2v) is 4.17. The first-order valence-electron chi connectivity index (χ1n) is 5.26. The van der Waals surface area contributed by atoms with Crippen LogP contribution in [0.2, 0.25) is 5.02 Å². The van der Waals surface area contributed by atoms with Gasteiger partial charge in [0, 0.05) is 31.6 Å². The summed E-state index contributed by atoms with van der Waals surface area (Å²) < 4.78 is 5.39. The van der Waals surface area contributed by atoms with Crippen LogP contribution in [0, 0.1) is 0 Å². The molecule has 82 valence electrons. The van der Waals surface area contributed by atoms with Crippen molar-refractivity contribution < 1.29 is 4.74 Å². The van der Waals surface area contributed by atoms with Gasteiger partial charge in [-0.3, -0.25) is 4.98 Å². The predicted octanol–water partition coefficient (Wildman–Crippen LogP) is 2.00. The van der Waals surface area contributed by atoms with Gasteiger partial charge in [-0.2, -0.15) is 0 Å². The lowest BCUT2D eigenvalue weighted by Crippen LogP contribution is -2.36. The highest BCUT2D eigenvalue weighted by atomic mass is 35.5. The molecule has 1 unspecified atom stereocenters. The van der Waals surface area contributed by atoms with Gasteiger partial charge in [-0.25, -0.2) is 0 Å². The molecule has 0 amide bonds. The molecule has 2 heterocycles. The van der Waals surface area contributed by atoms with Gasteiger partial charge in [-0.1, -0.05) is 11.6 Å². The number of hydrogen-bond acceptors (Lipinski definition) is 3. The van der Waals surface area contributed by atoms with Gasteiger partial charge in [0.1, 0.15) is 0 Å². The molecule has 0 spiro atoms. The molecule has 0 saturated carbocycles. The number of rotatable bonds is 3. The van der Waals surface area contributed by atoms with Crippen molar-refractivity contribution in [3.8, 4) is 0 Å². The molecule has 0 bridgehead atoms. The summed E-state index contributed by atoms with van der Waals surface area (Å²) in [6.07, 6.45) is 5.76. The normalized spacial score (nSPS) is 21.5. The van der Waals surface area contributed by atoms with E-state index < -0.39 is 0 Å². The summed E-state index contributed by atoms with van der Waals surface area (Å²) >= 11 is 6.01. The van der Waals surface area contributed by atoms with E-state index in [1.165, 1.54) is 6.42 Å². The zero-order valence-electron chi connectivity index (χ0n) is 8.58. The maximum Gasteiger partial charge on any atom is 0.0634 e. The van der Waals surface area contributed by atoms with Crippen molar-refractivity contribution in [2.24, 2.45) is 0 Å². The SMILES string of the molecule is Clc1cnccc1CNC1CCCOC1. The Balaban J connectivity index is 1.84. The standard InChI is InChI=1S/C11H15ClN2O/c12-11-7-13-4-3-9(11)6-14-10-2-1-5-15-8-10/h3-4,7,10,14H,1-2,5-6,8H2. The zero-order chi connectivity index (χ0) is 10.5. The number of hydrogen-bond donors (Lipinski definition) is 1. The van der Waals surface area contributed by atoms with Crippen LogP contribution in [0.25, 0.3) is 0 Å². The molecule has 2 rings (SSSR count). The molecule has 0 aliphatic carbocycles. The minimum absolute atomic E-state index is 0.461. The molecule has 1 aromatic rings. The number of aromatic nitrogens is 1. The van der Waals surface area contributed by atoms with Gasteiger partial charge >= 0.3 is 0 Å². The lowest BCUT2D eigenvalue weighted by Gasteiger charge is -2.23. The van der Waals surface area contributed by atoms with Crippen LogP contribution in [0.5, 0.6) is 0 Å². The zero-order valence-corrected chi connectivity index (χ0v) is 9.33. The van der Waals surface area contributed by atoms with Gasteiger partial charge in [-0.15, -0.1) is 0 Å². The van der Waals surface area contributed by atoms with Crippen LogP contribution in [-0.4, -0.2) is 24.2 Å². The fourth-order valence-corrected chi connectivity index (χ4v) is 1.89. The molecular formula is C11H15ClN2O. The molecule has 1 fully saturated rings. The smallest absolute Gasteiger partial charge is 0.0634 e. The maximum atomic E-state index is 6.01. The Kier molecular flexibility index (Phi) is 3.94. The molecular weight excluding hydrogens is 212 g/mol. The van der Waals surface area contributed by atoms with E-state index in [1.54, 1.807) is 12.4 Å². The topological polar surface area (TPSA) is 34.2 Å². The average molecular weight is 227 g/mol. The fraction of sp³-hybridized carbons (Fsp3) is 0.545. The van der Waals surface area contributed by atoms with E-state index in [9.17, 15) is 0 Å². The molecule has 3 nitrogen and oxygen atoms in total. The predicted molar refractivity (Wildman–Crippen MR) is 59.9 cm³/mol. The van der Waals surface area contributed by atoms with Crippen LogP contribution in [0.3, 0.4) is 0 Å². The molecule has 1 aliphatic rings. The van der Waals surface area contributed by atoms with E-state index in [0.29, 0.717) is 6.04 Å². The lowest BCUT2D eigenvalue weighted by molar-refractivity contribution is 0.0699. The summed E-state index contributed by atoms with van der Waals surface area (Å²) in [6.45, 7) is 2.49. The minimum atomic E-state index is 0.461.